The molecule has 0 aliphatic carbocycles. The number of carboxylic acid groups (broad SMARTS) is 1. The molecule has 0 unspecified atom stereocenters. The molecule has 1 atom stereocenters. The van der Waals surface area contributed by atoms with Crippen LogP contribution in [0.2, 0.25) is 5.02 Å². The van der Waals surface area contributed by atoms with E-state index in [2.05, 4.69) is 10.6 Å². The molecule has 28 heavy (non-hydrogen) atoms. The Morgan fingerprint density at radius 1 is 1.07 bits per heavy atom. The van der Waals surface area contributed by atoms with E-state index in [4.69, 9.17) is 22.1 Å². The number of anilines is 1. The molecule has 2 rings (SSSR count). The maximum Gasteiger partial charge on any atom is 0.326 e. The number of halogens is 1. The molecule has 2 amide bonds. The normalized spacial score (nSPS) is 11.5. The maximum absolute atomic E-state index is 12.0. The third kappa shape index (κ3) is 7.46. The van der Waals surface area contributed by atoms with Gasteiger partial charge >= 0.3 is 12.0 Å². The van der Waals surface area contributed by atoms with Gasteiger partial charge in [-0.25, -0.2) is 9.59 Å². The van der Waals surface area contributed by atoms with Crippen molar-refractivity contribution in [3.05, 3.63) is 59.1 Å². The van der Waals surface area contributed by atoms with Crippen LogP contribution in [0, 0.1) is 0 Å². The SMILES string of the molecule is NCCCC[C@H](NC(=O)Nc1ccc(OCc2ccc(Cl)cc2)cc1)C(=O)O. The van der Waals surface area contributed by atoms with Crippen LogP contribution in [0.5, 0.6) is 5.75 Å². The van der Waals surface area contributed by atoms with Crippen molar-refractivity contribution in [1.29, 1.82) is 0 Å². The van der Waals surface area contributed by atoms with Crippen LogP contribution in [0.25, 0.3) is 0 Å². The fourth-order valence-corrected chi connectivity index (χ4v) is 2.58. The lowest BCUT2D eigenvalue weighted by Crippen LogP contribution is -2.43. The Morgan fingerprint density at radius 3 is 2.36 bits per heavy atom. The largest absolute Gasteiger partial charge is 0.489 e. The number of unbranched alkanes of at least 4 members (excludes halogenated alkanes) is 1. The topological polar surface area (TPSA) is 114 Å². The van der Waals surface area contributed by atoms with Crippen molar-refractivity contribution >= 4 is 29.3 Å². The molecule has 0 saturated heterocycles. The quantitative estimate of drug-likeness (QED) is 0.451. The molecule has 0 fully saturated rings. The lowest BCUT2D eigenvalue weighted by atomic mass is 10.1. The second-order valence-corrected chi connectivity index (χ2v) is 6.65. The third-order valence-corrected chi connectivity index (χ3v) is 4.23. The molecule has 7 nitrogen and oxygen atoms in total. The van der Waals surface area contributed by atoms with E-state index in [1.165, 1.54) is 0 Å². The lowest BCUT2D eigenvalue weighted by molar-refractivity contribution is -0.139. The molecule has 0 saturated carbocycles. The minimum atomic E-state index is -1.07. The van der Waals surface area contributed by atoms with Crippen molar-refractivity contribution in [3.63, 3.8) is 0 Å². The zero-order valence-corrected chi connectivity index (χ0v) is 16.1. The Morgan fingerprint density at radius 2 is 1.75 bits per heavy atom. The van der Waals surface area contributed by atoms with E-state index in [0.29, 0.717) is 48.9 Å². The molecular weight excluding hydrogens is 382 g/mol. The first-order chi connectivity index (χ1) is 13.5. The smallest absolute Gasteiger partial charge is 0.326 e. The van der Waals surface area contributed by atoms with Crippen LogP contribution in [-0.4, -0.2) is 29.7 Å². The van der Waals surface area contributed by atoms with Gasteiger partial charge in [-0.2, -0.15) is 0 Å². The summed E-state index contributed by atoms with van der Waals surface area (Å²) in [5.74, 6) is -0.427. The summed E-state index contributed by atoms with van der Waals surface area (Å²) in [6.45, 7) is 0.887. The summed E-state index contributed by atoms with van der Waals surface area (Å²) in [5.41, 5.74) is 6.92. The fourth-order valence-electron chi connectivity index (χ4n) is 2.46. The molecule has 5 N–H and O–H groups in total. The van der Waals surface area contributed by atoms with Crippen LogP contribution in [0.1, 0.15) is 24.8 Å². The van der Waals surface area contributed by atoms with Crippen LogP contribution in [-0.2, 0) is 11.4 Å². The van der Waals surface area contributed by atoms with Crippen LogP contribution in [0.3, 0.4) is 0 Å². The van der Waals surface area contributed by atoms with Crippen molar-refractivity contribution in [2.75, 3.05) is 11.9 Å². The predicted octanol–water partition coefficient (Wildman–Crippen LogP) is 3.62. The Kier molecular flexibility index (Phi) is 8.58. The van der Waals surface area contributed by atoms with Crippen molar-refractivity contribution in [2.24, 2.45) is 5.73 Å². The number of ether oxygens (including phenoxy) is 1. The highest BCUT2D eigenvalue weighted by molar-refractivity contribution is 6.30. The molecule has 8 heteroatoms. The van der Waals surface area contributed by atoms with E-state index in [-0.39, 0.29) is 0 Å². The van der Waals surface area contributed by atoms with Gasteiger partial charge in [-0.3, -0.25) is 0 Å². The second-order valence-electron chi connectivity index (χ2n) is 6.21. The van der Waals surface area contributed by atoms with Gasteiger partial charge in [0.05, 0.1) is 0 Å². The Labute approximate surface area is 168 Å². The molecule has 0 spiro atoms. The zero-order chi connectivity index (χ0) is 20.4. The highest BCUT2D eigenvalue weighted by atomic mass is 35.5. The number of hydrogen-bond donors (Lipinski definition) is 4. The fraction of sp³-hybridized carbons (Fsp3) is 0.300. The second kappa shape index (κ2) is 11.2. The molecule has 0 radical (unpaired) electrons. The Hall–Kier alpha value is -2.77. The Bertz CT molecular complexity index is 766. The first kappa shape index (κ1) is 21.5. The number of benzene rings is 2. The van der Waals surface area contributed by atoms with Gasteiger partial charge in [0.2, 0.25) is 0 Å². The number of carbonyl (C=O) groups excluding carboxylic acids is 1. The summed E-state index contributed by atoms with van der Waals surface area (Å²) >= 11 is 5.85. The summed E-state index contributed by atoms with van der Waals surface area (Å²) in [4.78, 5) is 23.3. The van der Waals surface area contributed by atoms with Gasteiger partial charge in [0.1, 0.15) is 18.4 Å². The number of nitrogens with one attached hydrogen (secondary N) is 2. The van der Waals surface area contributed by atoms with Gasteiger partial charge in [0.15, 0.2) is 0 Å². The van der Waals surface area contributed by atoms with Crippen molar-refractivity contribution < 1.29 is 19.4 Å². The number of urea groups is 1. The van der Waals surface area contributed by atoms with E-state index in [0.717, 1.165) is 5.56 Å². The summed E-state index contributed by atoms with van der Waals surface area (Å²) in [5, 5.41) is 14.9. The Balaban J connectivity index is 1.82. The average molecular weight is 406 g/mol. The number of carboxylic acids is 1. The minimum absolute atomic E-state index is 0.331. The third-order valence-electron chi connectivity index (χ3n) is 3.98. The highest BCUT2D eigenvalue weighted by Gasteiger charge is 2.19. The molecule has 150 valence electrons. The number of aliphatic carboxylic acids is 1. The first-order valence-corrected chi connectivity index (χ1v) is 9.33. The molecule has 0 aliphatic rings. The minimum Gasteiger partial charge on any atom is -0.489 e. The number of nitrogens with two attached hydrogens (primary N) is 1. The van der Waals surface area contributed by atoms with Gasteiger partial charge in [0.25, 0.3) is 0 Å². The summed E-state index contributed by atoms with van der Waals surface area (Å²) in [6.07, 6.45) is 1.68. The van der Waals surface area contributed by atoms with E-state index in [1.54, 1.807) is 36.4 Å². The molecule has 0 heterocycles. The summed E-state index contributed by atoms with van der Waals surface area (Å²) < 4.78 is 5.68. The summed E-state index contributed by atoms with van der Waals surface area (Å²) in [6, 6.07) is 12.6. The lowest BCUT2D eigenvalue weighted by Gasteiger charge is -2.15. The maximum atomic E-state index is 12.0. The number of rotatable bonds is 10. The number of carbonyl (C=O) groups is 2. The van der Waals surface area contributed by atoms with E-state index in [9.17, 15) is 14.7 Å². The van der Waals surface area contributed by atoms with Gasteiger partial charge in [-0.15, -0.1) is 0 Å². The van der Waals surface area contributed by atoms with Crippen LogP contribution in [0.15, 0.2) is 48.5 Å². The predicted molar refractivity (Wildman–Crippen MR) is 109 cm³/mol. The van der Waals surface area contributed by atoms with Crippen molar-refractivity contribution in [3.8, 4) is 5.75 Å². The zero-order valence-electron chi connectivity index (χ0n) is 15.4. The van der Waals surface area contributed by atoms with E-state index >= 15 is 0 Å². The molecule has 0 aromatic heterocycles. The highest BCUT2D eigenvalue weighted by Crippen LogP contribution is 2.18. The first-order valence-electron chi connectivity index (χ1n) is 8.95. The van der Waals surface area contributed by atoms with Crippen LogP contribution in [0.4, 0.5) is 10.5 Å². The van der Waals surface area contributed by atoms with E-state index in [1.807, 2.05) is 12.1 Å². The standard InChI is InChI=1S/C20H24ClN3O4/c21-15-6-4-14(5-7-15)13-28-17-10-8-16(9-11-17)23-20(27)24-18(19(25)26)3-1-2-12-22/h4-11,18H,1-3,12-13,22H2,(H,25,26)(H2,23,24,27)/t18-/m0/s1. The van der Waals surface area contributed by atoms with Gasteiger partial charge < -0.3 is 26.2 Å². The van der Waals surface area contributed by atoms with Gasteiger partial charge in [-0.05, 0) is 67.8 Å². The van der Waals surface area contributed by atoms with Gasteiger partial charge in [-0.1, -0.05) is 23.7 Å². The number of amides is 2. The van der Waals surface area contributed by atoms with Crippen LogP contribution >= 0.6 is 11.6 Å². The molecule has 2 aromatic rings. The molecule has 2 aromatic carbocycles. The van der Waals surface area contributed by atoms with Crippen molar-refractivity contribution in [2.45, 2.75) is 31.9 Å². The monoisotopic (exact) mass is 405 g/mol. The van der Waals surface area contributed by atoms with Gasteiger partial charge in [0, 0.05) is 10.7 Å². The molecule has 0 aliphatic heterocycles. The average Bonchev–Trinajstić information content (AvgIpc) is 2.68. The van der Waals surface area contributed by atoms with E-state index < -0.39 is 18.0 Å². The molecular formula is C20H24ClN3O4. The molecule has 0 bridgehead atoms. The van der Waals surface area contributed by atoms with Crippen LogP contribution < -0.4 is 21.1 Å². The summed E-state index contributed by atoms with van der Waals surface area (Å²) in [7, 11) is 0. The number of hydrogen-bond acceptors (Lipinski definition) is 4. The van der Waals surface area contributed by atoms with Crippen molar-refractivity contribution in [1.82, 2.24) is 5.32 Å².